The number of carbonyl (C=O) groups excluding carboxylic acids is 1. The predicted molar refractivity (Wildman–Crippen MR) is 24.5 cm³/mol. The van der Waals surface area contributed by atoms with E-state index >= 15 is 0 Å². The third kappa shape index (κ3) is 1.99. The Morgan fingerprint density at radius 3 is 2.29 bits per heavy atom. The Labute approximate surface area is 40.7 Å². The van der Waals surface area contributed by atoms with Crippen LogP contribution in [0.4, 0.5) is 0 Å². The fraction of sp³-hybridized carbons (Fsp3) is 0.667. The van der Waals surface area contributed by atoms with E-state index in [2.05, 4.69) is 5.18 Å². The van der Waals surface area contributed by atoms with E-state index in [-0.39, 0.29) is 0 Å². The summed E-state index contributed by atoms with van der Waals surface area (Å²) in [5.41, 5.74) is 4.79. The molecular weight excluding hydrogens is 96.0 g/mol. The van der Waals surface area contributed by atoms with Gasteiger partial charge in [0.05, 0.1) is 0 Å². The van der Waals surface area contributed by atoms with Crippen LogP contribution >= 0.6 is 0 Å². The molecule has 0 aliphatic carbocycles. The second-order valence-electron chi connectivity index (χ2n) is 1.16. The number of nitrogens with two attached hydrogens (primary N) is 1. The molecule has 0 fully saturated rings. The lowest BCUT2D eigenvalue weighted by Crippen LogP contribution is -2.24. The van der Waals surface area contributed by atoms with Gasteiger partial charge in [-0.3, -0.25) is 4.79 Å². The summed E-state index contributed by atoms with van der Waals surface area (Å²) in [6.07, 6.45) is -1.17. The number of rotatable bonds is 2. The first-order valence-corrected chi connectivity index (χ1v) is 1.77. The van der Waals surface area contributed by atoms with Gasteiger partial charge in [0, 0.05) is 0 Å². The van der Waals surface area contributed by atoms with Crippen molar-refractivity contribution in [2.45, 2.75) is 13.1 Å². The number of ketones is 1. The molecule has 40 valence electrons. The first-order chi connectivity index (χ1) is 3.18. The molecule has 0 aromatic heterocycles. The Kier molecular flexibility index (Phi) is 2.15. The fourth-order valence-corrected chi connectivity index (χ4v) is 0.0742. The molecule has 0 heterocycles. The minimum absolute atomic E-state index is 0.407. The zero-order valence-electron chi connectivity index (χ0n) is 3.92. The van der Waals surface area contributed by atoms with Gasteiger partial charge in [0.2, 0.25) is 0 Å². The van der Waals surface area contributed by atoms with Gasteiger partial charge >= 0.3 is 0 Å². The summed E-state index contributed by atoms with van der Waals surface area (Å²) in [7, 11) is 0. The number of carbonyl (C=O) groups is 1. The summed E-state index contributed by atoms with van der Waals surface area (Å²) in [6, 6.07) is 0. The summed E-state index contributed by atoms with van der Waals surface area (Å²) in [6.45, 7) is 1.21. The smallest absolute Gasteiger partial charge is 0.198 e. The Morgan fingerprint density at radius 2 is 2.29 bits per heavy atom. The highest BCUT2D eigenvalue weighted by molar-refractivity contribution is 5.80. The van der Waals surface area contributed by atoms with Crippen molar-refractivity contribution >= 4 is 5.78 Å². The van der Waals surface area contributed by atoms with Crippen LogP contribution in [0.15, 0.2) is 5.18 Å². The average Bonchev–Trinajstić information content (AvgIpc) is 1.65. The number of nitrogens with zero attached hydrogens (tertiary/aromatic N) is 1. The Hall–Kier alpha value is -0.770. The molecule has 0 amide bonds. The molecule has 0 rings (SSSR count). The molecule has 7 heavy (non-hydrogen) atoms. The molecule has 0 aliphatic rings. The van der Waals surface area contributed by atoms with Crippen molar-refractivity contribution < 1.29 is 4.79 Å². The zero-order chi connectivity index (χ0) is 5.86. The van der Waals surface area contributed by atoms with E-state index in [4.69, 9.17) is 5.73 Å². The van der Waals surface area contributed by atoms with Crippen molar-refractivity contribution in [3.63, 3.8) is 0 Å². The minimum atomic E-state index is -1.17. The number of hydrogen-bond donors (Lipinski definition) is 1. The molecule has 0 aliphatic heterocycles. The van der Waals surface area contributed by atoms with Gasteiger partial charge in [0.25, 0.3) is 0 Å². The maximum atomic E-state index is 9.96. The lowest BCUT2D eigenvalue weighted by Gasteiger charge is -1.89. The highest BCUT2D eigenvalue weighted by Crippen LogP contribution is 1.77. The van der Waals surface area contributed by atoms with Gasteiger partial charge in [0.15, 0.2) is 11.9 Å². The third-order valence-corrected chi connectivity index (χ3v) is 0.530. The van der Waals surface area contributed by atoms with Gasteiger partial charge in [-0.15, -0.1) is 4.91 Å². The van der Waals surface area contributed by atoms with Crippen LogP contribution in [0.1, 0.15) is 6.92 Å². The summed E-state index contributed by atoms with van der Waals surface area (Å²) in [5.74, 6) is -0.407. The zero-order valence-corrected chi connectivity index (χ0v) is 3.92. The van der Waals surface area contributed by atoms with E-state index < -0.39 is 11.9 Å². The average molecular weight is 102 g/mol. The predicted octanol–water partition coefficient (Wildman–Crippen LogP) is -0.373. The monoisotopic (exact) mass is 102 g/mol. The summed E-state index contributed by atoms with van der Waals surface area (Å²) in [5, 5.41) is 2.27. The molecule has 0 saturated heterocycles. The van der Waals surface area contributed by atoms with E-state index in [0.717, 1.165) is 0 Å². The van der Waals surface area contributed by atoms with Crippen LogP contribution in [0.25, 0.3) is 0 Å². The van der Waals surface area contributed by atoms with Gasteiger partial charge in [-0.25, -0.2) is 0 Å². The van der Waals surface area contributed by atoms with Crippen LogP contribution in [-0.2, 0) is 4.79 Å². The highest BCUT2D eigenvalue weighted by Gasteiger charge is 2.04. The topological polar surface area (TPSA) is 72.5 Å². The third-order valence-electron chi connectivity index (χ3n) is 0.530. The molecule has 4 heteroatoms. The molecule has 0 radical (unpaired) electrons. The van der Waals surface area contributed by atoms with E-state index in [9.17, 15) is 9.70 Å². The molecule has 0 spiro atoms. The van der Waals surface area contributed by atoms with E-state index in [0.29, 0.717) is 0 Å². The maximum Gasteiger partial charge on any atom is 0.198 e. The van der Waals surface area contributed by atoms with Gasteiger partial charge < -0.3 is 5.73 Å². The van der Waals surface area contributed by atoms with Crippen LogP contribution in [0.3, 0.4) is 0 Å². The number of Topliss-reactive ketones (excluding diaryl/α,β-unsaturated/α-hetero) is 1. The van der Waals surface area contributed by atoms with E-state index in [1.807, 2.05) is 0 Å². The number of hydrogen-bond acceptors (Lipinski definition) is 4. The summed E-state index contributed by atoms with van der Waals surface area (Å²) < 4.78 is 0. The van der Waals surface area contributed by atoms with Gasteiger partial charge in [-0.2, -0.15) is 0 Å². The van der Waals surface area contributed by atoms with Crippen LogP contribution < -0.4 is 5.73 Å². The van der Waals surface area contributed by atoms with Crippen molar-refractivity contribution in [1.82, 2.24) is 0 Å². The first kappa shape index (κ1) is 6.23. The molecule has 0 aromatic rings. The van der Waals surface area contributed by atoms with Crippen LogP contribution in [0.2, 0.25) is 0 Å². The normalized spacial score (nSPS) is 12.9. The van der Waals surface area contributed by atoms with Crippen LogP contribution in [0, 0.1) is 4.91 Å². The number of nitroso groups, excluding NO2 is 1. The van der Waals surface area contributed by atoms with E-state index in [1.54, 1.807) is 0 Å². The van der Waals surface area contributed by atoms with Crippen molar-refractivity contribution in [1.29, 1.82) is 0 Å². The molecule has 0 aromatic carbocycles. The second-order valence-corrected chi connectivity index (χ2v) is 1.16. The van der Waals surface area contributed by atoms with Crippen molar-refractivity contribution in [2.75, 3.05) is 0 Å². The Bertz CT molecular complexity index is 90.9. The standard InChI is InChI=1S/C3H6N2O2/c1-2(6)3(4)5-7/h3H,4H2,1H3/t3-/m0/s1. The molecule has 0 saturated carbocycles. The summed E-state index contributed by atoms with van der Waals surface area (Å²) >= 11 is 0. The van der Waals surface area contributed by atoms with Crippen molar-refractivity contribution in [3.8, 4) is 0 Å². The van der Waals surface area contributed by atoms with E-state index in [1.165, 1.54) is 6.92 Å². The van der Waals surface area contributed by atoms with Crippen molar-refractivity contribution in [2.24, 2.45) is 10.9 Å². The van der Waals surface area contributed by atoms with Crippen LogP contribution in [-0.4, -0.2) is 11.9 Å². The highest BCUT2D eigenvalue weighted by atomic mass is 16.3. The van der Waals surface area contributed by atoms with Gasteiger partial charge in [-0.05, 0) is 12.1 Å². The molecule has 2 N–H and O–H groups in total. The van der Waals surface area contributed by atoms with Crippen LogP contribution in [0.5, 0.6) is 0 Å². The molecule has 1 atom stereocenters. The molecule has 4 nitrogen and oxygen atoms in total. The van der Waals surface area contributed by atoms with Crippen molar-refractivity contribution in [3.05, 3.63) is 4.91 Å². The SMILES string of the molecule is CC(=O)[C@@H](N)N=O. The largest absolute Gasteiger partial charge is 0.300 e. The maximum absolute atomic E-state index is 9.96. The Morgan fingerprint density at radius 1 is 1.86 bits per heavy atom. The molecule has 0 bridgehead atoms. The quantitative estimate of drug-likeness (QED) is 0.483. The van der Waals surface area contributed by atoms with Gasteiger partial charge in [-0.1, -0.05) is 0 Å². The van der Waals surface area contributed by atoms with Gasteiger partial charge in [0.1, 0.15) is 0 Å². The lowest BCUT2D eigenvalue weighted by atomic mass is 10.4. The summed E-state index contributed by atoms with van der Waals surface area (Å²) in [4.78, 5) is 19.3. The minimum Gasteiger partial charge on any atom is -0.300 e. The second kappa shape index (κ2) is 2.41. The Balaban J connectivity index is 3.55. The first-order valence-electron chi connectivity index (χ1n) is 1.77. The lowest BCUT2D eigenvalue weighted by molar-refractivity contribution is -0.118. The molecule has 0 unspecified atom stereocenters. The fourth-order valence-electron chi connectivity index (χ4n) is 0.0742. The molecular formula is C3H6N2O2.